The molecule has 114 valence electrons. The molecule has 0 bridgehead atoms. The summed E-state index contributed by atoms with van der Waals surface area (Å²) < 4.78 is 29.6. The monoisotopic (exact) mass is 378 g/mol. The second-order valence-electron chi connectivity index (χ2n) is 4.66. The van der Waals surface area contributed by atoms with Crippen LogP contribution in [0.15, 0.2) is 16.6 Å². The summed E-state index contributed by atoms with van der Waals surface area (Å²) in [5.41, 5.74) is 0.819. The minimum Gasteiger partial charge on any atom is -0.388 e. The fourth-order valence-corrected chi connectivity index (χ4v) is 2.84. The van der Waals surface area contributed by atoms with Crippen LogP contribution in [-0.4, -0.2) is 14.9 Å². The Kier molecular flexibility index (Phi) is 5.01. The van der Waals surface area contributed by atoms with Crippen LogP contribution in [0.3, 0.4) is 0 Å². The van der Waals surface area contributed by atoms with Crippen LogP contribution in [0.5, 0.6) is 0 Å². The molecule has 1 aromatic carbocycles. The van der Waals surface area contributed by atoms with Gasteiger partial charge in [-0.2, -0.15) is 5.10 Å². The van der Waals surface area contributed by atoms with Crippen molar-refractivity contribution in [2.75, 3.05) is 0 Å². The molecule has 1 heterocycles. The Morgan fingerprint density at radius 1 is 1.38 bits per heavy atom. The van der Waals surface area contributed by atoms with Gasteiger partial charge in [-0.05, 0) is 26.0 Å². The van der Waals surface area contributed by atoms with Gasteiger partial charge < -0.3 is 5.11 Å². The fourth-order valence-electron chi connectivity index (χ4n) is 2.22. The van der Waals surface area contributed by atoms with Gasteiger partial charge in [-0.25, -0.2) is 8.78 Å². The standard InChI is InChI=1S/C14H14BrClF2N2O/c1-3-20-11(14(16)7(2)19-20)6-12(21)13-9(17)4-8(15)5-10(13)18/h4-5,12,21H,3,6H2,1-2H3. The molecule has 2 aromatic rings. The lowest BCUT2D eigenvalue weighted by molar-refractivity contribution is 0.165. The number of rotatable bonds is 4. The molecule has 0 radical (unpaired) electrons. The van der Waals surface area contributed by atoms with Gasteiger partial charge in [0, 0.05) is 17.4 Å². The first-order valence-electron chi connectivity index (χ1n) is 6.39. The molecular weight excluding hydrogens is 366 g/mol. The SMILES string of the molecule is CCn1nc(C)c(Cl)c1CC(O)c1c(F)cc(Br)cc1F. The van der Waals surface area contributed by atoms with Gasteiger partial charge in [0.05, 0.1) is 28.1 Å². The van der Waals surface area contributed by atoms with Crippen molar-refractivity contribution in [3.63, 3.8) is 0 Å². The largest absolute Gasteiger partial charge is 0.388 e. The van der Waals surface area contributed by atoms with Crippen LogP contribution in [0, 0.1) is 18.6 Å². The summed E-state index contributed by atoms with van der Waals surface area (Å²) in [6.45, 7) is 4.17. The van der Waals surface area contributed by atoms with E-state index >= 15 is 0 Å². The number of hydrogen-bond acceptors (Lipinski definition) is 2. The van der Waals surface area contributed by atoms with Crippen molar-refractivity contribution in [1.82, 2.24) is 9.78 Å². The number of benzene rings is 1. The molecule has 0 amide bonds. The van der Waals surface area contributed by atoms with Gasteiger partial charge in [-0.3, -0.25) is 4.68 Å². The van der Waals surface area contributed by atoms with E-state index in [2.05, 4.69) is 21.0 Å². The van der Waals surface area contributed by atoms with Crippen LogP contribution in [0.25, 0.3) is 0 Å². The molecule has 0 fully saturated rings. The molecular formula is C14H14BrClF2N2O. The number of hydrogen-bond donors (Lipinski definition) is 1. The highest BCUT2D eigenvalue weighted by Gasteiger charge is 2.23. The third kappa shape index (κ3) is 3.27. The van der Waals surface area contributed by atoms with Gasteiger partial charge in [0.25, 0.3) is 0 Å². The molecule has 7 heteroatoms. The zero-order chi connectivity index (χ0) is 15.7. The molecule has 1 N–H and O–H groups in total. The third-order valence-electron chi connectivity index (χ3n) is 3.22. The Bertz CT molecular complexity index is 652. The molecule has 0 spiro atoms. The van der Waals surface area contributed by atoms with E-state index in [0.29, 0.717) is 23.0 Å². The van der Waals surface area contributed by atoms with Crippen LogP contribution < -0.4 is 0 Å². The van der Waals surface area contributed by atoms with Gasteiger partial charge in [-0.1, -0.05) is 27.5 Å². The number of halogens is 4. The van der Waals surface area contributed by atoms with E-state index in [0.717, 1.165) is 12.1 Å². The highest BCUT2D eigenvalue weighted by molar-refractivity contribution is 9.10. The Morgan fingerprint density at radius 2 is 1.95 bits per heavy atom. The summed E-state index contributed by atoms with van der Waals surface area (Å²) in [6.07, 6.45) is -1.35. The number of aliphatic hydroxyl groups is 1. The second kappa shape index (κ2) is 6.42. The lowest BCUT2D eigenvalue weighted by atomic mass is 10.0. The van der Waals surface area contributed by atoms with Crippen LogP contribution in [0.1, 0.15) is 30.0 Å². The molecule has 1 atom stereocenters. The predicted octanol–water partition coefficient (Wildman–Crippen LogP) is 4.18. The quantitative estimate of drug-likeness (QED) is 0.865. The first kappa shape index (κ1) is 16.4. The molecule has 3 nitrogen and oxygen atoms in total. The van der Waals surface area contributed by atoms with E-state index in [-0.39, 0.29) is 16.5 Å². The summed E-state index contributed by atoms with van der Waals surface area (Å²) in [6, 6.07) is 2.23. The fraction of sp³-hybridized carbons (Fsp3) is 0.357. The third-order valence-corrected chi connectivity index (χ3v) is 4.17. The van der Waals surface area contributed by atoms with E-state index in [1.807, 2.05) is 6.92 Å². The van der Waals surface area contributed by atoms with Crippen molar-refractivity contribution in [3.8, 4) is 0 Å². The Morgan fingerprint density at radius 3 is 2.48 bits per heavy atom. The molecule has 0 aliphatic heterocycles. The summed E-state index contributed by atoms with van der Waals surface area (Å²) in [4.78, 5) is 0. The lowest BCUT2D eigenvalue weighted by Gasteiger charge is -2.14. The summed E-state index contributed by atoms with van der Waals surface area (Å²) in [5, 5.41) is 14.8. The number of aromatic nitrogens is 2. The maximum atomic E-state index is 13.9. The van der Waals surface area contributed by atoms with Gasteiger partial charge in [0.15, 0.2) is 0 Å². The Balaban J connectivity index is 2.37. The highest BCUT2D eigenvalue weighted by Crippen LogP contribution is 2.30. The van der Waals surface area contributed by atoms with Gasteiger partial charge in [0.1, 0.15) is 11.6 Å². The first-order chi connectivity index (χ1) is 9.85. The average Bonchev–Trinajstić information content (AvgIpc) is 2.65. The topological polar surface area (TPSA) is 38.0 Å². The lowest BCUT2D eigenvalue weighted by Crippen LogP contribution is -2.11. The summed E-state index contributed by atoms with van der Waals surface area (Å²) in [5.74, 6) is -1.60. The smallest absolute Gasteiger partial charge is 0.133 e. The van der Waals surface area contributed by atoms with E-state index in [4.69, 9.17) is 11.6 Å². The molecule has 0 aliphatic rings. The number of aryl methyl sites for hydroxylation is 2. The maximum Gasteiger partial charge on any atom is 0.133 e. The maximum absolute atomic E-state index is 13.9. The van der Waals surface area contributed by atoms with E-state index in [9.17, 15) is 13.9 Å². The van der Waals surface area contributed by atoms with Crippen molar-refractivity contribution in [3.05, 3.63) is 50.2 Å². The van der Waals surface area contributed by atoms with E-state index in [1.165, 1.54) is 0 Å². The molecule has 1 aromatic heterocycles. The van der Waals surface area contributed by atoms with Crippen LogP contribution in [-0.2, 0) is 13.0 Å². The van der Waals surface area contributed by atoms with Crippen molar-refractivity contribution in [1.29, 1.82) is 0 Å². The minimum atomic E-state index is -1.34. The number of aliphatic hydroxyl groups excluding tert-OH is 1. The molecule has 0 saturated carbocycles. The van der Waals surface area contributed by atoms with Crippen LogP contribution in [0.2, 0.25) is 5.02 Å². The zero-order valence-electron chi connectivity index (χ0n) is 11.5. The predicted molar refractivity (Wildman–Crippen MR) is 80.4 cm³/mol. The number of nitrogens with zero attached hydrogens (tertiary/aromatic N) is 2. The van der Waals surface area contributed by atoms with E-state index in [1.54, 1.807) is 11.6 Å². The van der Waals surface area contributed by atoms with Crippen molar-refractivity contribution < 1.29 is 13.9 Å². The Hall–Kier alpha value is -0.980. The molecule has 1 unspecified atom stereocenters. The average molecular weight is 380 g/mol. The van der Waals surface area contributed by atoms with Crippen LogP contribution >= 0.6 is 27.5 Å². The molecule has 21 heavy (non-hydrogen) atoms. The molecule has 0 saturated heterocycles. The molecule has 0 aliphatic carbocycles. The summed E-state index contributed by atoms with van der Waals surface area (Å²) in [7, 11) is 0. The van der Waals surface area contributed by atoms with Gasteiger partial charge in [-0.15, -0.1) is 0 Å². The zero-order valence-corrected chi connectivity index (χ0v) is 13.8. The van der Waals surface area contributed by atoms with Crippen molar-refractivity contribution in [2.45, 2.75) is 32.9 Å². The Labute approximate surface area is 134 Å². The van der Waals surface area contributed by atoms with Crippen molar-refractivity contribution >= 4 is 27.5 Å². The van der Waals surface area contributed by atoms with Crippen LogP contribution in [0.4, 0.5) is 8.78 Å². The minimum absolute atomic E-state index is 0.0109. The van der Waals surface area contributed by atoms with Gasteiger partial charge in [0.2, 0.25) is 0 Å². The summed E-state index contributed by atoms with van der Waals surface area (Å²) >= 11 is 9.14. The first-order valence-corrected chi connectivity index (χ1v) is 7.56. The molecule has 2 rings (SSSR count). The highest BCUT2D eigenvalue weighted by atomic mass is 79.9. The second-order valence-corrected chi connectivity index (χ2v) is 5.96. The van der Waals surface area contributed by atoms with Gasteiger partial charge >= 0.3 is 0 Å². The normalized spacial score (nSPS) is 12.7. The van der Waals surface area contributed by atoms with Crippen molar-refractivity contribution in [2.24, 2.45) is 0 Å². The van der Waals surface area contributed by atoms with E-state index < -0.39 is 17.7 Å².